The molecule has 1 saturated heterocycles. The third-order valence-electron chi connectivity index (χ3n) is 5.02. The third kappa shape index (κ3) is 5.10. The first-order valence-corrected chi connectivity index (χ1v) is 11.9. The van der Waals surface area contributed by atoms with Crippen LogP contribution in [0.2, 0.25) is 0 Å². The van der Waals surface area contributed by atoms with Crippen LogP contribution in [0.1, 0.15) is 19.8 Å². The Morgan fingerprint density at radius 2 is 1.97 bits per heavy atom. The number of benzene rings is 1. The molecule has 3 N–H and O–H groups in total. The van der Waals surface area contributed by atoms with Gasteiger partial charge in [0.1, 0.15) is 23.3 Å². The van der Waals surface area contributed by atoms with Crippen LogP contribution >= 0.6 is 15.9 Å². The second-order valence-corrected chi connectivity index (χ2v) is 9.83. The maximum Gasteiger partial charge on any atom is 0.335 e. The zero-order valence-electron chi connectivity index (χ0n) is 16.6. The highest BCUT2D eigenvalue weighted by Crippen LogP contribution is 2.41. The molecule has 0 radical (unpaired) electrons. The van der Waals surface area contributed by atoms with Crippen LogP contribution in [0.25, 0.3) is 0 Å². The third-order valence-corrected chi connectivity index (χ3v) is 7.42. The maximum absolute atomic E-state index is 13.3. The fourth-order valence-corrected chi connectivity index (χ4v) is 5.74. The number of aliphatic hydroxyl groups is 2. The molecule has 3 rings (SSSR count). The van der Waals surface area contributed by atoms with Gasteiger partial charge in [-0.3, -0.25) is 4.72 Å². The minimum Gasteiger partial charge on any atom is -0.463 e. The summed E-state index contributed by atoms with van der Waals surface area (Å²) in [5, 5.41) is 17.6. The molecule has 1 fully saturated rings. The van der Waals surface area contributed by atoms with Gasteiger partial charge >= 0.3 is 5.97 Å². The van der Waals surface area contributed by atoms with Crippen LogP contribution in [0.5, 0.6) is 0 Å². The molecule has 1 aliphatic carbocycles. The van der Waals surface area contributed by atoms with Crippen molar-refractivity contribution in [3.63, 3.8) is 0 Å². The second-order valence-electron chi connectivity index (χ2n) is 7.11. The summed E-state index contributed by atoms with van der Waals surface area (Å²) in [5.74, 6) is -2.87. The largest absolute Gasteiger partial charge is 0.463 e. The molecule has 31 heavy (non-hydrogen) atoms. The summed E-state index contributed by atoms with van der Waals surface area (Å²) in [7, 11) is -4.15. The van der Waals surface area contributed by atoms with Crippen LogP contribution in [-0.2, 0) is 29.0 Å². The normalized spacial score (nSPS) is 28.4. The van der Waals surface area contributed by atoms with Crippen LogP contribution < -0.4 is 4.72 Å². The lowest BCUT2D eigenvalue weighted by molar-refractivity contribution is -0.154. The number of nitrogens with one attached hydrogen (secondary N) is 1. The quantitative estimate of drug-likeness (QED) is 0.457. The summed E-state index contributed by atoms with van der Waals surface area (Å²) in [6.45, 7) is 0.766. The highest BCUT2D eigenvalue weighted by molar-refractivity contribution is 9.10. The highest BCUT2D eigenvalue weighted by atomic mass is 79.9. The standard InChI is InChI=1S/C19H23BrFNO8S/c1-2-28-18(25)12-8-19(29-15(9-23)16(10-24)30-19)6-5-17(12)31(26,27)22-14-4-3-11(21)7-13(14)20/h3-4,7-8,15-17,22-24H,2,5-6,9-10H2,1H3/t15-,16?,17?,19?/m1/s1. The van der Waals surface area contributed by atoms with E-state index in [9.17, 15) is 27.8 Å². The first kappa shape index (κ1) is 24.1. The molecule has 4 atom stereocenters. The SMILES string of the molecule is CCOC(=O)C1=CC2(CCC1S(=O)(=O)Nc1ccc(F)cc1Br)OC(CO)[C@@H](CO)O2. The second kappa shape index (κ2) is 9.51. The van der Waals surface area contributed by atoms with Crippen LogP contribution in [0.4, 0.5) is 10.1 Å². The first-order valence-electron chi connectivity index (χ1n) is 9.58. The van der Waals surface area contributed by atoms with Crippen molar-refractivity contribution in [3.05, 3.63) is 40.1 Å². The Morgan fingerprint density at radius 1 is 1.32 bits per heavy atom. The lowest BCUT2D eigenvalue weighted by atomic mass is 9.94. The summed E-state index contributed by atoms with van der Waals surface area (Å²) >= 11 is 3.11. The minimum absolute atomic E-state index is 0.0210. The van der Waals surface area contributed by atoms with E-state index in [4.69, 9.17) is 14.2 Å². The smallest absolute Gasteiger partial charge is 0.335 e. The fourth-order valence-electron chi connectivity index (χ4n) is 3.60. The summed E-state index contributed by atoms with van der Waals surface area (Å²) < 4.78 is 58.7. The van der Waals surface area contributed by atoms with E-state index in [-0.39, 0.29) is 35.2 Å². The Morgan fingerprint density at radius 3 is 2.52 bits per heavy atom. The van der Waals surface area contributed by atoms with Crippen molar-refractivity contribution in [3.8, 4) is 0 Å². The van der Waals surface area contributed by atoms with Crippen molar-refractivity contribution in [1.29, 1.82) is 0 Å². The number of carbonyl (C=O) groups is 1. The molecule has 1 aromatic rings. The van der Waals surface area contributed by atoms with E-state index in [2.05, 4.69) is 20.7 Å². The number of ether oxygens (including phenoxy) is 3. The van der Waals surface area contributed by atoms with E-state index in [1.807, 2.05) is 0 Å². The van der Waals surface area contributed by atoms with Gasteiger partial charge in [0, 0.05) is 10.9 Å². The van der Waals surface area contributed by atoms with Crippen LogP contribution in [0.3, 0.4) is 0 Å². The maximum atomic E-state index is 13.3. The number of hydrogen-bond donors (Lipinski definition) is 3. The van der Waals surface area contributed by atoms with Gasteiger partial charge in [-0.1, -0.05) is 0 Å². The van der Waals surface area contributed by atoms with E-state index in [0.29, 0.717) is 0 Å². The summed E-state index contributed by atoms with van der Waals surface area (Å²) in [5.41, 5.74) is -0.0759. The number of aliphatic hydroxyl groups excluding tert-OH is 2. The van der Waals surface area contributed by atoms with Crippen molar-refractivity contribution in [1.82, 2.24) is 0 Å². The molecule has 1 heterocycles. The summed E-state index contributed by atoms with van der Waals surface area (Å²) in [6, 6.07) is 3.47. The number of hydrogen-bond acceptors (Lipinski definition) is 8. The minimum atomic E-state index is -4.15. The Hall–Kier alpha value is -1.57. The summed E-state index contributed by atoms with van der Waals surface area (Å²) in [4.78, 5) is 12.6. The Kier molecular flexibility index (Phi) is 7.39. The zero-order valence-corrected chi connectivity index (χ0v) is 19.0. The first-order chi connectivity index (χ1) is 14.6. The van der Waals surface area contributed by atoms with Gasteiger partial charge in [0.25, 0.3) is 0 Å². The molecule has 172 valence electrons. The van der Waals surface area contributed by atoms with E-state index >= 15 is 0 Å². The van der Waals surface area contributed by atoms with E-state index < -0.39 is 58.3 Å². The fraction of sp³-hybridized carbons (Fsp3) is 0.526. The predicted octanol–water partition coefficient (Wildman–Crippen LogP) is 1.45. The molecule has 0 saturated carbocycles. The van der Waals surface area contributed by atoms with E-state index in [1.165, 1.54) is 12.1 Å². The molecular formula is C19H23BrFNO8S. The molecule has 3 unspecified atom stereocenters. The predicted molar refractivity (Wildman–Crippen MR) is 111 cm³/mol. The Bertz CT molecular complexity index is 958. The van der Waals surface area contributed by atoms with Gasteiger partial charge in [0.05, 0.1) is 31.1 Å². The Labute approximate surface area is 187 Å². The van der Waals surface area contributed by atoms with Gasteiger partial charge in [-0.15, -0.1) is 0 Å². The number of carbonyl (C=O) groups excluding carboxylic acids is 1. The monoisotopic (exact) mass is 523 g/mol. The van der Waals surface area contributed by atoms with Crippen LogP contribution in [0.15, 0.2) is 34.3 Å². The van der Waals surface area contributed by atoms with Crippen LogP contribution in [-0.4, -0.2) is 67.7 Å². The number of sulfonamides is 1. The van der Waals surface area contributed by atoms with Gasteiger partial charge < -0.3 is 24.4 Å². The van der Waals surface area contributed by atoms with Gasteiger partial charge in [0.2, 0.25) is 10.0 Å². The topological polar surface area (TPSA) is 131 Å². The molecule has 2 aliphatic rings. The van der Waals surface area contributed by atoms with Crippen LogP contribution in [0, 0.1) is 5.82 Å². The number of esters is 1. The van der Waals surface area contributed by atoms with Gasteiger partial charge in [-0.25, -0.2) is 17.6 Å². The van der Waals surface area contributed by atoms with Crippen molar-refractivity contribution in [2.45, 2.75) is 43.0 Å². The average Bonchev–Trinajstić information content (AvgIpc) is 3.07. The average molecular weight is 524 g/mol. The molecule has 0 bridgehead atoms. The summed E-state index contributed by atoms with van der Waals surface area (Å²) in [6.07, 6.45) is -0.415. The van der Waals surface area contributed by atoms with E-state index in [0.717, 1.165) is 12.1 Å². The van der Waals surface area contributed by atoms with Gasteiger partial charge in [-0.2, -0.15) is 0 Å². The van der Waals surface area contributed by atoms with Crippen molar-refractivity contribution >= 4 is 37.6 Å². The number of anilines is 1. The molecule has 0 amide bonds. The van der Waals surface area contributed by atoms with Crippen molar-refractivity contribution in [2.75, 3.05) is 24.5 Å². The zero-order chi connectivity index (χ0) is 22.8. The lowest BCUT2D eigenvalue weighted by Gasteiger charge is -2.33. The molecule has 9 nitrogen and oxygen atoms in total. The molecular weight excluding hydrogens is 501 g/mol. The molecule has 1 spiro atoms. The van der Waals surface area contributed by atoms with E-state index in [1.54, 1.807) is 6.92 Å². The Balaban J connectivity index is 1.95. The van der Waals surface area contributed by atoms with Crippen molar-refractivity contribution in [2.24, 2.45) is 0 Å². The molecule has 1 aliphatic heterocycles. The van der Waals surface area contributed by atoms with Gasteiger partial charge in [-0.05, 0) is 53.5 Å². The molecule has 0 aromatic heterocycles. The molecule has 12 heteroatoms. The highest BCUT2D eigenvalue weighted by Gasteiger charge is 2.51. The van der Waals surface area contributed by atoms with Crippen molar-refractivity contribution < 1.29 is 42.0 Å². The lowest BCUT2D eigenvalue weighted by Crippen LogP contribution is -2.42. The van der Waals surface area contributed by atoms with Gasteiger partial charge in [0.15, 0.2) is 5.79 Å². The number of rotatable bonds is 7. The number of halogens is 2. The molecule has 1 aromatic carbocycles.